The number of aliphatic hydroxyl groups is 3. The fourth-order valence-corrected chi connectivity index (χ4v) is 6.65. The van der Waals surface area contributed by atoms with Gasteiger partial charge in [-0.05, 0) is 92.1 Å². The Morgan fingerprint density at radius 3 is 2.46 bits per heavy atom. The molecular weight excluding hydrogens is 618 g/mol. The lowest BCUT2D eigenvalue weighted by Gasteiger charge is -2.40. The van der Waals surface area contributed by atoms with Crippen LogP contribution >= 0.6 is 0 Å². The average molecular weight is 672 g/mol. The summed E-state index contributed by atoms with van der Waals surface area (Å²) in [6.45, 7) is 3.11. The maximum absolute atomic E-state index is 11.3. The van der Waals surface area contributed by atoms with Crippen molar-refractivity contribution in [3.63, 3.8) is 0 Å². The van der Waals surface area contributed by atoms with E-state index in [1.165, 1.54) is 14.2 Å². The number of methoxy groups -OCH3 is 2. The van der Waals surface area contributed by atoms with Crippen molar-refractivity contribution in [2.75, 3.05) is 40.5 Å². The summed E-state index contributed by atoms with van der Waals surface area (Å²) in [6, 6.07) is 8.45. The number of phenols is 2. The van der Waals surface area contributed by atoms with Gasteiger partial charge in [-0.25, -0.2) is 0 Å². The second-order valence-corrected chi connectivity index (χ2v) is 12.4. The fraction of sp³-hybridized carbons (Fsp3) is 0.556. The third-order valence-corrected chi connectivity index (χ3v) is 9.16. The minimum absolute atomic E-state index is 0.0660. The number of phenolic OH excluding ortho intramolecular Hbond substituents is 2. The molecule has 2 aromatic carbocycles. The summed E-state index contributed by atoms with van der Waals surface area (Å²) >= 11 is 0. The number of aromatic hydroxyl groups is 2. The fourth-order valence-electron chi connectivity index (χ4n) is 6.65. The topological polar surface area (TPSA) is 188 Å². The number of likely N-dealkylation sites (N-methyl/N-ethyl adjacent to an activating group) is 1. The lowest BCUT2D eigenvalue weighted by atomic mass is 9.82. The summed E-state index contributed by atoms with van der Waals surface area (Å²) in [4.78, 5) is 0. The molecule has 0 radical (unpaired) electrons. The molecule has 0 aromatic heterocycles. The molecule has 48 heavy (non-hydrogen) atoms. The molecule has 0 amide bonds. The summed E-state index contributed by atoms with van der Waals surface area (Å²) in [7, 11) is 2.96. The molecule has 266 valence electrons. The smallest absolute Gasteiger partial charge is 0.200 e. The molecule has 0 aliphatic carbocycles. The standard InChI is InChI=1S/C36H53N3O9/c1-4-38-27(9-6-23-11-14-39-34(37)18-23)30(13-16-41)48-33-20-24(19-32(46-3)35(33)44)36-26(12-15-40)29(43)21-25(47-36)8-5-22-7-10-28(42)31(17-22)45-2/h7,10-11,17-20,25-27,29-30,36,38-44H,4-6,8-9,12-16,21,37H2,1-3H3. The number of rotatable bonds is 18. The second kappa shape index (κ2) is 18.2. The Labute approximate surface area is 283 Å². The Kier molecular flexibility index (Phi) is 14.1. The molecule has 2 aliphatic heterocycles. The molecule has 2 heterocycles. The van der Waals surface area contributed by atoms with Crippen LogP contribution in [0.5, 0.6) is 28.7 Å². The minimum Gasteiger partial charge on any atom is -0.504 e. The molecule has 9 N–H and O–H groups in total. The van der Waals surface area contributed by atoms with Crippen LogP contribution in [-0.2, 0) is 11.2 Å². The largest absolute Gasteiger partial charge is 0.504 e. The molecule has 6 unspecified atom stereocenters. The first kappa shape index (κ1) is 37.1. The normalized spacial score (nSPS) is 22.2. The number of allylic oxidation sites excluding steroid dienone is 2. The van der Waals surface area contributed by atoms with Crippen LogP contribution in [0.3, 0.4) is 0 Å². The third kappa shape index (κ3) is 9.70. The van der Waals surface area contributed by atoms with Crippen LogP contribution in [0.4, 0.5) is 0 Å². The first-order valence-electron chi connectivity index (χ1n) is 16.8. The summed E-state index contributed by atoms with van der Waals surface area (Å²) in [5, 5.41) is 59.0. The maximum Gasteiger partial charge on any atom is 0.200 e. The van der Waals surface area contributed by atoms with Gasteiger partial charge in [-0.15, -0.1) is 0 Å². The number of aliphatic hydroxyl groups excluding tert-OH is 3. The Bertz CT molecular complexity index is 1380. The molecule has 2 aromatic rings. The van der Waals surface area contributed by atoms with Gasteiger partial charge in [0.1, 0.15) is 6.10 Å². The van der Waals surface area contributed by atoms with Gasteiger partial charge in [0, 0.05) is 38.1 Å². The highest BCUT2D eigenvalue weighted by Crippen LogP contribution is 2.46. The number of dihydropyridines is 1. The lowest BCUT2D eigenvalue weighted by Crippen LogP contribution is -2.44. The van der Waals surface area contributed by atoms with E-state index in [-0.39, 0.29) is 48.4 Å². The van der Waals surface area contributed by atoms with Crippen LogP contribution in [0.15, 0.2) is 53.9 Å². The van der Waals surface area contributed by atoms with Gasteiger partial charge in [-0.3, -0.25) is 0 Å². The van der Waals surface area contributed by atoms with Crippen molar-refractivity contribution in [3.05, 3.63) is 65.0 Å². The summed E-state index contributed by atoms with van der Waals surface area (Å²) in [5.74, 6) is 0.855. The zero-order valence-corrected chi connectivity index (χ0v) is 28.2. The number of nitrogens with two attached hydrogens (primary N) is 1. The first-order valence-corrected chi connectivity index (χ1v) is 16.8. The minimum atomic E-state index is -0.743. The van der Waals surface area contributed by atoms with Gasteiger partial charge in [0.05, 0.1) is 38.4 Å². The summed E-state index contributed by atoms with van der Waals surface area (Å²) in [6.07, 6.45) is 5.55. The summed E-state index contributed by atoms with van der Waals surface area (Å²) < 4.78 is 23.9. The van der Waals surface area contributed by atoms with Crippen molar-refractivity contribution in [2.24, 2.45) is 11.7 Å². The van der Waals surface area contributed by atoms with Gasteiger partial charge < -0.3 is 60.8 Å². The first-order chi connectivity index (χ1) is 23.2. The van der Waals surface area contributed by atoms with Crippen molar-refractivity contribution in [1.29, 1.82) is 0 Å². The number of ether oxygens (including phenoxy) is 4. The van der Waals surface area contributed by atoms with Crippen molar-refractivity contribution in [1.82, 2.24) is 10.6 Å². The summed E-state index contributed by atoms with van der Waals surface area (Å²) in [5.41, 5.74) is 8.68. The molecule has 4 rings (SSSR count). The van der Waals surface area contributed by atoms with Gasteiger partial charge in [-0.2, -0.15) is 0 Å². The van der Waals surface area contributed by atoms with Crippen LogP contribution in [0.1, 0.15) is 62.7 Å². The van der Waals surface area contributed by atoms with E-state index >= 15 is 0 Å². The molecule has 1 fully saturated rings. The number of aryl methyl sites for hydroxylation is 1. The highest BCUT2D eigenvalue weighted by Gasteiger charge is 2.39. The predicted octanol–water partition coefficient (Wildman–Crippen LogP) is 3.16. The zero-order valence-electron chi connectivity index (χ0n) is 28.2. The van der Waals surface area contributed by atoms with E-state index in [9.17, 15) is 25.5 Å². The molecule has 12 heteroatoms. The van der Waals surface area contributed by atoms with Crippen LogP contribution in [0, 0.1) is 5.92 Å². The maximum atomic E-state index is 11.3. The van der Waals surface area contributed by atoms with Gasteiger partial charge >= 0.3 is 0 Å². The quantitative estimate of drug-likeness (QED) is 0.116. The molecular formula is C36H53N3O9. The van der Waals surface area contributed by atoms with E-state index in [1.807, 2.05) is 19.1 Å². The number of hydrogen-bond acceptors (Lipinski definition) is 12. The van der Waals surface area contributed by atoms with Gasteiger partial charge in [-0.1, -0.05) is 19.1 Å². The van der Waals surface area contributed by atoms with Crippen LogP contribution in [0.2, 0.25) is 0 Å². The van der Waals surface area contributed by atoms with Gasteiger partial charge in [0.2, 0.25) is 5.75 Å². The molecule has 0 saturated carbocycles. The molecule has 12 nitrogen and oxygen atoms in total. The SMILES string of the molecule is CCNC(CCC1=CCNC(N)=C1)C(CCO)Oc1cc(C2OC(CCc3ccc(O)c(OC)c3)CC(O)C2CCO)cc(OC)c1O. The molecule has 0 bridgehead atoms. The van der Waals surface area contributed by atoms with Crippen LogP contribution < -0.4 is 30.6 Å². The number of hydrogen-bond donors (Lipinski definition) is 8. The second-order valence-electron chi connectivity index (χ2n) is 12.4. The Hall–Kier alpha value is -3.68. The Morgan fingerprint density at radius 2 is 1.77 bits per heavy atom. The molecule has 6 atom stereocenters. The van der Waals surface area contributed by atoms with Gasteiger partial charge in [0.15, 0.2) is 23.0 Å². The molecule has 2 aliphatic rings. The Balaban J connectivity index is 1.59. The predicted molar refractivity (Wildman–Crippen MR) is 182 cm³/mol. The van der Waals surface area contributed by atoms with E-state index in [2.05, 4.69) is 16.7 Å². The van der Waals surface area contributed by atoms with E-state index in [0.717, 1.165) is 17.6 Å². The van der Waals surface area contributed by atoms with E-state index in [4.69, 9.17) is 24.7 Å². The van der Waals surface area contributed by atoms with E-state index in [0.29, 0.717) is 68.7 Å². The third-order valence-electron chi connectivity index (χ3n) is 9.16. The van der Waals surface area contributed by atoms with E-state index < -0.39 is 24.2 Å². The monoisotopic (exact) mass is 671 g/mol. The average Bonchev–Trinajstić information content (AvgIpc) is 3.08. The van der Waals surface area contributed by atoms with Crippen LogP contribution in [0.25, 0.3) is 0 Å². The molecule has 1 saturated heterocycles. The lowest BCUT2D eigenvalue weighted by molar-refractivity contribution is -0.144. The number of nitrogens with one attached hydrogen (secondary N) is 2. The van der Waals surface area contributed by atoms with Gasteiger partial charge in [0.25, 0.3) is 0 Å². The number of benzene rings is 2. The highest BCUT2D eigenvalue weighted by molar-refractivity contribution is 5.53. The van der Waals surface area contributed by atoms with Crippen molar-refractivity contribution < 1.29 is 44.5 Å². The van der Waals surface area contributed by atoms with E-state index in [1.54, 1.807) is 24.3 Å². The van der Waals surface area contributed by atoms with Crippen molar-refractivity contribution in [3.8, 4) is 28.7 Å². The van der Waals surface area contributed by atoms with Crippen molar-refractivity contribution in [2.45, 2.75) is 82.3 Å². The Morgan fingerprint density at radius 1 is 1.00 bits per heavy atom. The zero-order chi connectivity index (χ0) is 34.6. The van der Waals surface area contributed by atoms with Crippen molar-refractivity contribution >= 4 is 0 Å². The van der Waals surface area contributed by atoms with Crippen LogP contribution in [-0.4, -0.2) is 90.4 Å². The highest BCUT2D eigenvalue weighted by atomic mass is 16.5. The molecule has 0 spiro atoms.